The van der Waals surface area contributed by atoms with Crippen LogP contribution >= 0.6 is 0 Å². The summed E-state index contributed by atoms with van der Waals surface area (Å²) in [4.78, 5) is 0. The van der Waals surface area contributed by atoms with Gasteiger partial charge < -0.3 is 4.74 Å². The molecule has 0 heterocycles. The molecule has 0 aliphatic heterocycles. The molecular formula is C4H7O2. The molecule has 0 saturated carbocycles. The quantitative estimate of drug-likeness (QED) is 0.363. The molecule has 0 aromatic carbocycles. The fourth-order valence-corrected chi connectivity index (χ4v) is 0.101. The van der Waals surface area contributed by atoms with Gasteiger partial charge in [0.05, 0.1) is 5.76 Å². The maximum Gasteiger partial charge on any atom is 0.220 e. The van der Waals surface area contributed by atoms with Gasteiger partial charge in [0.15, 0.2) is 0 Å². The topological polar surface area (TPSA) is 29.1 Å². The molecule has 0 unspecified atom stereocenters. The van der Waals surface area contributed by atoms with Crippen LogP contribution in [-0.4, -0.2) is 6.79 Å². The molecule has 0 bridgehead atoms. The lowest BCUT2D eigenvalue weighted by Crippen LogP contribution is -1.83. The molecule has 2 heteroatoms. The summed E-state index contributed by atoms with van der Waals surface area (Å²) >= 11 is 0. The van der Waals surface area contributed by atoms with E-state index in [1.54, 1.807) is 6.92 Å². The summed E-state index contributed by atoms with van der Waals surface area (Å²) in [5.41, 5.74) is 0. The van der Waals surface area contributed by atoms with Gasteiger partial charge in [0.1, 0.15) is 0 Å². The van der Waals surface area contributed by atoms with E-state index in [4.69, 9.17) is 0 Å². The van der Waals surface area contributed by atoms with Crippen molar-refractivity contribution in [3.63, 3.8) is 0 Å². The van der Waals surface area contributed by atoms with Crippen LogP contribution in [0, 0.1) is 0 Å². The van der Waals surface area contributed by atoms with Crippen LogP contribution in [0.4, 0.5) is 0 Å². The van der Waals surface area contributed by atoms with Crippen LogP contribution < -0.4 is 0 Å². The van der Waals surface area contributed by atoms with Crippen molar-refractivity contribution in [2.45, 2.75) is 6.92 Å². The molecule has 0 atom stereocenters. The van der Waals surface area contributed by atoms with Gasteiger partial charge in [0.2, 0.25) is 6.79 Å². The molecule has 6 heavy (non-hydrogen) atoms. The standard InChI is InChI=1S/C4H7O2/c1-4(2)6-3-5/h1,3H2,2H3. The smallest absolute Gasteiger partial charge is 0.220 e. The Hall–Kier alpha value is -0.500. The van der Waals surface area contributed by atoms with Crippen molar-refractivity contribution < 1.29 is 9.84 Å². The van der Waals surface area contributed by atoms with E-state index in [1.165, 1.54) is 0 Å². The summed E-state index contributed by atoms with van der Waals surface area (Å²) in [7, 11) is 0. The highest BCUT2D eigenvalue weighted by atomic mass is 16.6. The second-order valence-corrected chi connectivity index (χ2v) is 0.964. The van der Waals surface area contributed by atoms with Gasteiger partial charge in [-0.15, -0.1) is 0 Å². The Morgan fingerprint density at radius 3 is 2.50 bits per heavy atom. The molecule has 0 rings (SSSR count). The Morgan fingerprint density at radius 1 is 2.00 bits per heavy atom. The van der Waals surface area contributed by atoms with Crippen molar-refractivity contribution in [3.8, 4) is 0 Å². The molecule has 0 N–H and O–H groups in total. The van der Waals surface area contributed by atoms with Crippen molar-refractivity contribution in [1.29, 1.82) is 0 Å². The number of hydrogen-bond acceptors (Lipinski definition) is 1. The third-order valence-corrected chi connectivity index (χ3v) is 0.305. The van der Waals surface area contributed by atoms with Crippen molar-refractivity contribution in [2.75, 3.05) is 6.79 Å². The summed E-state index contributed by atoms with van der Waals surface area (Å²) in [6.07, 6.45) is 0. The molecule has 1 radical (unpaired) electrons. The van der Waals surface area contributed by atoms with Gasteiger partial charge in [-0.05, 0) is 6.92 Å². The van der Waals surface area contributed by atoms with Crippen LogP contribution in [0.15, 0.2) is 12.3 Å². The van der Waals surface area contributed by atoms with E-state index in [1.807, 2.05) is 0 Å². The maximum atomic E-state index is 9.46. The number of rotatable bonds is 2. The van der Waals surface area contributed by atoms with Crippen LogP contribution in [0.1, 0.15) is 6.92 Å². The highest BCUT2D eigenvalue weighted by molar-refractivity contribution is 4.71. The summed E-state index contributed by atoms with van der Waals surface area (Å²) < 4.78 is 4.29. The minimum atomic E-state index is -0.519. The highest BCUT2D eigenvalue weighted by Crippen LogP contribution is 1.84. The first-order valence-corrected chi connectivity index (χ1v) is 1.64. The zero-order valence-electron chi connectivity index (χ0n) is 3.73. The molecule has 0 aliphatic rings. The number of hydrogen-bond donors (Lipinski definition) is 0. The van der Waals surface area contributed by atoms with E-state index >= 15 is 0 Å². The fourth-order valence-electron chi connectivity index (χ4n) is 0.101. The van der Waals surface area contributed by atoms with E-state index in [9.17, 15) is 5.11 Å². The Labute approximate surface area is 37.1 Å². The van der Waals surface area contributed by atoms with Gasteiger partial charge in [-0.25, -0.2) is 0 Å². The second-order valence-electron chi connectivity index (χ2n) is 0.964. The lowest BCUT2D eigenvalue weighted by Gasteiger charge is -1.92. The number of ether oxygens (including phenoxy) is 1. The Morgan fingerprint density at radius 2 is 2.50 bits per heavy atom. The van der Waals surface area contributed by atoms with Crippen LogP contribution in [0.3, 0.4) is 0 Å². The van der Waals surface area contributed by atoms with Gasteiger partial charge >= 0.3 is 0 Å². The monoisotopic (exact) mass is 87.0 g/mol. The molecule has 0 aromatic heterocycles. The lowest BCUT2D eigenvalue weighted by molar-refractivity contribution is -0.00693. The summed E-state index contributed by atoms with van der Waals surface area (Å²) in [6, 6.07) is 0. The van der Waals surface area contributed by atoms with E-state index in [0.29, 0.717) is 5.76 Å². The molecule has 0 spiro atoms. The summed E-state index contributed by atoms with van der Waals surface area (Å²) in [5.74, 6) is 0.477. The molecule has 0 aromatic rings. The third-order valence-electron chi connectivity index (χ3n) is 0.305. The molecule has 0 fully saturated rings. The van der Waals surface area contributed by atoms with Crippen molar-refractivity contribution >= 4 is 0 Å². The summed E-state index contributed by atoms with van der Waals surface area (Å²) in [6.45, 7) is 4.44. The van der Waals surface area contributed by atoms with Crippen LogP contribution in [0.5, 0.6) is 0 Å². The van der Waals surface area contributed by atoms with Crippen molar-refractivity contribution in [2.24, 2.45) is 0 Å². The van der Waals surface area contributed by atoms with E-state index in [2.05, 4.69) is 11.3 Å². The van der Waals surface area contributed by atoms with Gasteiger partial charge in [0, 0.05) is 0 Å². The van der Waals surface area contributed by atoms with Crippen LogP contribution in [0.2, 0.25) is 0 Å². The predicted molar refractivity (Wildman–Crippen MR) is 21.5 cm³/mol. The van der Waals surface area contributed by atoms with Gasteiger partial charge in [-0.2, -0.15) is 5.11 Å². The van der Waals surface area contributed by atoms with Gasteiger partial charge in [0.25, 0.3) is 0 Å². The largest absolute Gasteiger partial charge is 0.470 e. The van der Waals surface area contributed by atoms with E-state index < -0.39 is 6.79 Å². The highest BCUT2D eigenvalue weighted by Gasteiger charge is 1.75. The van der Waals surface area contributed by atoms with Gasteiger partial charge in [-0.3, -0.25) is 0 Å². The molecule has 0 aliphatic carbocycles. The maximum absolute atomic E-state index is 9.46. The van der Waals surface area contributed by atoms with Crippen LogP contribution in [-0.2, 0) is 9.84 Å². The van der Waals surface area contributed by atoms with Crippen molar-refractivity contribution in [3.05, 3.63) is 12.3 Å². The van der Waals surface area contributed by atoms with Crippen molar-refractivity contribution in [1.82, 2.24) is 0 Å². The molecular weight excluding hydrogens is 80.0 g/mol. The minimum absolute atomic E-state index is 0.477. The number of allylic oxidation sites excluding steroid dienone is 1. The average Bonchev–Trinajstić information content (AvgIpc) is 1.35. The predicted octanol–water partition coefficient (Wildman–Crippen LogP) is 0.925. The average molecular weight is 87.1 g/mol. The first-order valence-electron chi connectivity index (χ1n) is 1.64. The van der Waals surface area contributed by atoms with Gasteiger partial charge in [-0.1, -0.05) is 6.58 Å². The minimum Gasteiger partial charge on any atom is -0.470 e. The Bertz CT molecular complexity index is 49.5. The first-order chi connectivity index (χ1) is 2.77. The molecule has 0 saturated heterocycles. The SMILES string of the molecule is C=C(C)OC[O]. The lowest BCUT2D eigenvalue weighted by atomic mass is 10.7. The normalized spacial score (nSPS) is 7.67. The van der Waals surface area contributed by atoms with Crippen LogP contribution in [0.25, 0.3) is 0 Å². The zero-order chi connectivity index (χ0) is 4.99. The molecule has 35 valence electrons. The summed E-state index contributed by atoms with van der Waals surface area (Å²) in [5, 5.41) is 9.46. The fraction of sp³-hybridized carbons (Fsp3) is 0.500. The second kappa shape index (κ2) is 2.72. The zero-order valence-corrected chi connectivity index (χ0v) is 3.73. The van der Waals surface area contributed by atoms with E-state index in [0.717, 1.165) is 0 Å². The Kier molecular flexibility index (Phi) is 2.50. The van der Waals surface area contributed by atoms with E-state index in [-0.39, 0.29) is 0 Å². The molecule has 0 amide bonds. The first kappa shape index (κ1) is 5.50. The Balaban J connectivity index is 2.83. The third kappa shape index (κ3) is 3.50. The molecule has 2 nitrogen and oxygen atoms in total.